The van der Waals surface area contributed by atoms with Crippen LogP contribution in [0.5, 0.6) is 0 Å². The lowest BCUT2D eigenvalue weighted by atomic mass is 10.0. The Morgan fingerprint density at radius 1 is 1.23 bits per heavy atom. The van der Waals surface area contributed by atoms with Crippen molar-refractivity contribution >= 4 is 11.3 Å². The van der Waals surface area contributed by atoms with Crippen molar-refractivity contribution in [2.45, 2.75) is 26.2 Å². The topological polar surface area (TPSA) is 54.5 Å². The van der Waals surface area contributed by atoms with Gasteiger partial charge in [-0.1, -0.05) is 37.3 Å². The fourth-order valence-corrected chi connectivity index (χ4v) is 3.04. The first-order valence-electron chi connectivity index (χ1n) is 7.16. The summed E-state index contributed by atoms with van der Waals surface area (Å²) in [5.74, 6) is 0.491. The van der Waals surface area contributed by atoms with Crippen molar-refractivity contribution in [3.63, 3.8) is 0 Å². The van der Waals surface area contributed by atoms with Gasteiger partial charge in [-0.3, -0.25) is 0 Å². The molecule has 0 aliphatic carbocycles. The van der Waals surface area contributed by atoms with E-state index in [-0.39, 0.29) is 0 Å². The second-order valence-electron chi connectivity index (χ2n) is 5.41. The smallest absolute Gasteiger partial charge is 0.186 e. The van der Waals surface area contributed by atoms with Gasteiger partial charge in [0.15, 0.2) is 5.69 Å². The zero-order chi connectivity index (χ0) is 15.5. The molecule has 0 saturated heterocycles. The van der Waals surface area contributed by atoms with Crippen LogP contribution in [0.4, 0.5) is 0 Å². The van der Waals surface area contributed by atoms with Crippen molar-refractivity contribution in [2.24, 2.45) is 0 Å². The summed E-state index contributed by atoms with van der Waals surface area (Å²) in [6.07, 6.45) is 0.666. The predicted octanol–water partition coefficient (Wildman–Crippen LogP) is 3.91. The van der Waals surface area contributed by atoms with Crippen LogP contribution >= 0.6 is 11.3 Å². The first-order chi connectivity index (χ1) is 10.7. The molecule has 5 heteroatoms. The van der Waals surface area contributed by atoms with Crippen molar-refractivity contribution in [3.8, 4) is 11.8 Å². The molecule has 0 saturated carbocycles. The molecule has 1 aromatic carbocycles. The van der Waals surface area contributed by atoms with E-state index in [4.69, 9.17) is 0 Å². The Bertz CT molecular complexity index is 792. The normalized spacial score (nSPS) is 10.8. The summed E-state index contributed by atoms with van der Waals surface area (Å²) in [4.78, 5) is 1.19. The number of nitrogens with zero attached hydrogens (tertiary/aromatic N) is 4. The van der Waals surface area contributed by atoms with E-state index in [1.165, 1.54) is 10.4 Å². The lowest BCUT2D eigenvalue weighted by Gasteiger charge is -2.09. The van der Waals surface area contributed by atoms with E-state index < -0.39 is 0 Å². The molecule has 3 rings (SSSR count). The molecule has 4 nitrogen and oxygen atoms in total. The molecular formula is C17H16N4S. The molecule has 110 valence electrons. The minimum atomic E-state index is 0.390. The molecule has 0 amide bonds. The van der Waals surface area contributed by atoms with Crippen LogP contribution in [0.3, 0.4) is 0 Å². The van der Waals surface area contributed by atoms with Gasteiger partial charge in [-0.05, 0) is 35.1 Å². The summed E-state index contributed by atoms with van der Waals surface area (Å²) in [6.45, 7) is 4.33. The van der Waals surface area contributed by atoms with Gasteiger partial charge in [0.25, 0.3) is 0 Å². The van der Waals surface area contributed by atoms with Crippen molar-refractivity contribution < 1.29 is 0 Å². The van der Waals surface area contributed by atoms with Crippen molar-refractivity contribution in [1.29, 1.82) is 5.26 Å². The van der Waals surface area contributed by atoms with Gasteiger partial charge in [-0.2, -0.15) is 5.26 Å². The van der Waals surface area contributed by atoms with E-state index in [0.29, 0.717) is 18.0 Å². The number of hydrogen-bond acceptors (Lipinski definition) is 4. The molecule has 22 heavy (non-hydrogen) atoms. The van der Waals surface area contributed by atoms with Gasteiger partial charge in [0.2, 0.25) is 0 Å². The minimum absolute atomic E-state index is 0.390. The first kappa shape index (κ1) is 14.5. The maximum atomic E-state index is 9.26. The Morgan fingerprint density at radius 3 is 2.59 bits per heavy atom. The predicted molar refractivity (Wildman–Crippen MR) is 87.3 cm³/mol. The van der Waals surface area contributed by atoms with Crippen LogP contribution in [0.2, 0.25) is 0 Å². The van der Waals surface area contributed by atoms with Gasteiger partial charge in [0.1, 0.15) is 6.07 Å². The number of nitriles is 1. The third kappa shape index (κ3) is 2.78. The summed E-state index contributed by atoms with van der Waals surface area (Å²) in [6, 6.07) is 14.5. The molecule has 0 spiro atoms. The molecule has 0 N–H and O–H groups in total. The maximum absolute atomic E-state index is 9.26. The molecule has 3 aromatic rings. The fraction of sp³-hybridized carbons (Fsp3) is 0.235. The van der Waals surface area contributed by atoms with E-state index in [0.717, 1.165) is 11.4 Å². The second kappa shape index (κ2) is 6.12. The Hall–Kier alpha value is -2.45. The van der Waals surface area contributed by atoms with Crippen LogP contribution in [-0.2, 0) is 6.42 Å². The fourth-order valence-electron chi connectivity index (χ4n) is 2.33. The molecule has 0 aliphatic heterocycles. The Kier molecular flexibility index (Phi) is 4.03. The third-order valence-electron chi connectivity index (χ3n) is 3.60. The number of aromatic nitrogens is 3. The number of hydrogen-bond donors (Lipinski definition) is 0. The highest BCUT2D eigenvalue weighted by atomic mass is 32.1. The SMILES string of the molecule is CC(C)c1ccc(-n2nnc(C#N)c2Cc2cccs2)cc1. The maximum Gasteiger partial charge on any atom is 0.186 e. The zero-order valence-electron chi connectivity index (χ0n) is 12.5. The van der Waals surface area contributed by atoms with Crippen LogP contribution in [0.15, 0.2) is 41.8 Å². The molecule has 0 fully saturated rings. The molecule has 2 heterocycles. The van der Waals surface area contributed by atoms with Gasteiger partial charge in [0, 0.05) is 11.3 Å². The van der Waals surface area contributed by atoms with Gasteiger partial charge >= 0.3 is 0 Å². The van der Waals surface area contributed by atoms with Crippen molar-refractivity contribution in [1.82, 2.24) is 15.0 Å². The average Bonchev–Trinajstić information content (AvgIpc) is 3.17. The number of benzene rings is 1. The average molecular weight is 308 g/mol. The van der Waals surface area contributed by atoms with Crippen molar-refractivity contribution in [3.05, 3.63) is 63.6 Å². The molecule has 0 aliphatic rings. The van der Waals surface area contributed by atoms with Crippen LogP contribution in [0.1, 0.15) is 41.6 Å². The molecule has 0 atom stereocenters. The largest absolute Gasteiger partial charge is 0.216 e. The number of thiophene rings is 1. The van der Waals surface area contributed by atoms with Crippen LogP contribution < -0.4 is 0 Å². The van der Waals surface area contributed by atoms with Gasteiger partial charge in [-0.15, -0.1) is 16.4 Å². The standard InChI is InChI=1S/C17H16N4S/c1-12(2)13-5-7-14(8-6-13)21-17(16(11-18)19-20-21)10-15-4-3-9-22-15/h3-9,12H,10H2,1-2H3. The minimum Gasteiger partial charge on any atom is -0.216 e. The Morgan fingerprint density at radius 2 is 2.00 bits per heavy atom. The summed E-state index contributed by atoms with van der Waals surface area (Å²) in [5.41, 5.74) is 3.44. The summed E-state index contributed by atoms with van der Waals surface area (Å²) in [7, 11) is 0. The highest BCUT2D eigenvalue weighted by molar-refractivity contribution is 7.09. The highest BCUT2D eigenvalue weighted by Crippen LogP contribution is 2.21. The lowest BCUT2D eigenvalue weighted by Crippen LogP contribution is -2.04. The molecular weight excluding hydrogens is 292 g/mol. The Labute approximate surface area is 133 Å². The lowest BCUT2D eigenvalue weighted by molar-refractivity contribution is 0.772. The first-order valence-corrected chi connectivity index (χ1v) is 8.04. The van der Waals surface area contributed by atoms with E-state index in [1.54, 1.807) is 16.0 Å². The van der Waals surface area contributed by atoms with Crippen LogP contribution in [-0.4, -0.2) is 15.0 Å². The zero-order valence-corrected chi connectivity index (χ0v) is 13.3. The molecule has 2 aromatic heterocycles. The van der Waals surface area contributed by atoms with E-state index in [2.05, 4.69) is 48.4 Å². The molecule has 0 bridgehead atoms. The summed E-state index contributed by atoms with van der Waals surface area (Å²) >= 11 is 1.67. The molecule has 0 unspecified atom stereocenters. The highest BCUT2D eigenvalue weighted by Gasteiger charge is 2.15. The van der Waals surface area contributed by atoms with Gasteiger partial charge in [0.05, 0.1) is 11.4 Å². The Balaban J connectivity index is 2.00. The second-order valence-corrected chi connectivity index (χ2v) is 6.44. The van der Waals surface area contributed by atoms with E-state index in [1.807, 2.05) is 23.6 Å². The monoisotopic (exact) mass is 308 g/mol. The third-order valence-corrected chi connectivity index (χ3v) is 4.47. The van der Waals surface area contributed by atoms with Gasteiger partial charge in [-0.25, -0.2) is 4.68 Å². The van der Waals surface area contributed by atoms with Crippen molar-refractivity contribution in [2.75, 3.05) is 0 Å². The van der Waals surface area contributed by atoms with Crippen LogP contribution in [0, 0.1) is 11.3 Å². The number of rotatable bonds is 4. The quantitative estimate of drug-likeness (QED) is 0.734. The van der Waals surface area contributed by atoms with E-state index in [9.17, 15) is 5.26 Å². The summed E-state index contributed by atoms with van der Waals surface area (Å²) in [5, 5.41) is 19.5. The van der Waals surface area contributed by atoms with Crippen LogP contribution in [0.25, 0.3) is 5.69 Å². The molecule has 0 radical (unpaired) electrons. The van der Waals surface area contributed by atoms with E-state index >= 15 is 0 Å². The van der Waals surface area contributed by atoms with Gasteiger partial charge < -0.3 is 0 Å². The summed E-state index contributed by atoms with van der Waals surface area (Å²) < 4.78 is 1.77.